The van der Waals surface area contributed by atoms with Crippen LogP contribution in [0.2, 0.25) is 0 Å². The fraction of sp³-hybridized carbons (Fsp3) is 0.333. The summed E-state index contributed by atoms with van der Waals surface area (Å²) in [6.45, 7) is 5.59. The van der Waals surface area contributed by atoms with Crippen LogP contribution in [-0.4, -0.2) is 60.4 Å². The average Bonchev–Trinajstić information content (AvgIpc) is 3.43. The molecule has 4 aromatic rings. The monoisotopic (exact) mass is 422 g/mol. The highest BCUT2D eigenvalue weighted by Crippen LogP contribution is 2.21. The van der Waals surface area contributed by atoms with E-state index in [0.717, 1.165) is 18.8 Å². The molecule has 5 rings (SSSR count). The minimum atomic E-state index is -0.488. The van der Waals surface area contributed by atoms with Crippen molar-refractivity contribution in [1.82, 2.24) is 34.3 Å². The number of halogens is 1. The number of pyridine rings is 1. The number of aromatic amines is 1. The Labute approximate surface area is 177 Å². The Hall–Kier alpha value is -3.53. The number of anilines is 1. The average molecular weight is 422 g/mol. The summed E-state index contributed by atoms with van der Waals surface area (Å²) in [5, 5.41) is 8.68. The van der Waals surface area contributed by atoms with Gasteiger partial charge in [-0.05, 0) is 24.6 Å². The molecule has 0 atom stereocenters. The summed E-state index contributed by atoms with van der Waals surface area (Å²) in [5.74, 6) is -0.0292. The van der Waals surface area contributed by atoms with Crippen LogP contribution in [0.3, 0.4) is 0 Å². The number of fused-ring (bicyclic) bond motifs is 1. The van der Waals surface area contributed by atoms with Crippen LogP contribution in [0, 0.1) is 5.95 Å². The van der Waals surface area contributed by atoms with Gasteiger partial charge in [0, 0.05) is 62.9 Å². The Morgan fingerprint density at radius 2 is 2.03 bits per heavy atom. The summed E-state index contributed by atoms with van der Waals surface area (Å²) >= 11 is 0. The zero-order valence-electron chi connectivity index (χ0n) is 17.2. The zero-order valence-corrected chi connectivity index (χ0v) is 17.2. The lowest BCUT2D eigenvalue weighted by molar-refractivity contribution is 0.246. The smallest absolute Gasteiger partial charge is 0.254 e. The molecule has 4 aromatic heterocycles. The van der Waals surface area contributed by atoms with E-state index >= 15 is 0 Å². The Bertz CT molecular complexity index is 1250. The lowest BCUT2D eigenvalue weighted by Gasteiger charge is -2.35. The maximum absolute atomic E-state index is 14.6. The molecule has 1 saturated heterocycles. The van der Waals surface area contributed by atoms with Gasteiger partial charge in [0.05, 0.1) is 11.4 Å². The maximum atomic E-state index is 14.6. The van der Waals surface area contributed by atoms with Gasteiger partial charge in [-0.3, -0.25) is 9.69 Å². The highest BCUT2D eigenvalue weighted by Gasteiger charge is 2.21. The van der Waals surface area contributed by atoms with Crippen LogP contribution < -0.4 is 10.5 Å². The second kappa shape index (κ2) is 7.95. The predicted molar refractivity (Wildman–Crippen MR) is 114 cm³/mol. The van der Waals surface area contributed by atoms with Crippen LogP contribution >= 0.6 is 0 Å². The van der Waals surface area contributed by atoms with Gasteiger partial charge in [0.15, 0.2) is 5.82 Å². The Balaban J connectivity index is 1.24. The van der Waals surface area contributed by atoms with Gasteiger partial charge >= 0.3 is 0 Å². The number of nitrogens with one attached hydrogen (secondary N) is 1. The summed E-state index contributed by atoms with van der Waals surface area (Å²) in [4.78, 5) is 23.2. The zero-order chi connectivity index (χ0) is 21.4. The molecular weight excluding hydrogens is 399 g/mol. The maximum Gasteiger partial charge on any atom is 0.254 e. The van der Waals surface area contributed by atoms with Crippen molar-refractivity contribution >= 4 is 11.3 Å². The van der Waals surface area contributed by atoms with E-state index < -0.39 is 5.95 Å². The van der Waals surface area contributed by atoms with Crippen LogP contribution in [0.15, 0.2) is 47.7 Å². The van der Waals surface area contributed by atoms with Gasteiger partial charge in [-0.1, -0.05) is 6.92 Å². The summed E-state index contributed by atoms with van der Waals surface area (Å²) < 4.78 is 17.9. The number of hydrogen-bond acceptors (Lipinski definition) is 6. The topological polar surface area (TPSA) is 87.3 Å². The van der Waals surface area contributed by atoms with Gasteiger partial charge in [-0.15, -0.1) is 0 Å². The Kier molecular flexibility index (Phi) is 4.99. The molecule has 0 radical (unpaired) electrons. The number of rotatable bonds is 5. The number of aryl methyl sites for hydroxylation is 1. The molecule has 0 bridgehead atoms. The third kappa shape index (κ3) is 3.81. The van der Waals surface area contributed by atoms with E-state index in [0.29, 0.717) is 48.8 Å². The van der Waals surface area contributed by atoms with E-state index in [9.17, 15) is 9.18 Å². The molecular formula is C21H23FN8O. The summed E-state index contributed by atoms with van der Waals surface area (Å²) in [6.07, 6.45) is 5.82. The lowest BCUT2D eigenvalue weighted by atomic mass is 10.2. The molecule has 1 aliphatic rings. The third-order valence-corrected chi connectivity index (χ3v) is 5.63. The number of hydrogen-bond donors (Lipinski definition) is 1. The number of piperazine rings is 1. The molecule has 1 fully saturated rings. The minimum absolute atomic E-state index is 0.0655. The van der Waals surface area contributed by atoms with Gasteiger partial charge in [0.1, 0.15) is 5.65 Å². The molecule has 9 nitrogen and oxygen atoms in total. The molecule has 10 heteroatoms. The lowest BCUT2D eigenvalue weighted by Crippen LogP contribution is -2.46. The number of aromatic nitrogens is 6. The van der Waals surface area contributed by atoms with Gasteiger partial charge in [-0.2, -0.15) is 19.6 Å². The molecule has 0 saturated carbocycles. The summed E-state index contributed by atoms with van der Waals surface area (Å²) in [5.41, 5.74) is 2.75. The van der Waals surface area contributed by atoms with Crippen molar-refractivity contribution in [2.45, 2.75) is 19.9 Å². The van der Waals surface area contributed by atoms with Crippen molar-refractivity contribution < 1.29 is 4.39 Å². The predicted octanol–water partition coefficient (Wildman–Crippen LogP) is 1.63. The molecule has 0 unspecified atom stereocenters. The van der Waals surface area contributed by atoms with Crippen LogP contribution in [0.1, 0.15) is 18.2 Å². The van der Waals surface area contributed by atoms with Crippen molar-refractivity contribution in [3.05, 3.63) is 70.4 Å². The molecule has 0 amide bonds. The van der Waals surface area contributed by atoms with Crippen molar-refractivity contribution in [2.75, 3.05) is 31.1 Å². The largest absolute Gasteiger partial charge is 0.365 e. The molecule has 1 N–H and O–H groups in total. The second-order valence-electron chi connectivity index (χ2n) is 7.62. The quantitative estimate of drug-likeness (QED) is 0.492. The molecule has 160 valence electrons. The second-order valence-corrected chi connectivity index (χ2v) is 7.62. The fourth-order valence-electron chi connectivity index (χ4n) is 3.93. The van der Waals surface area contributed by atoms with Crippen LogP contribution in [0.5, 0.6) is 0 Å². The molecule has 31 heavy (non-hydrogen) atoms. The van der Waals surface area contributed by atoms with Crippen molar-refractivity contribution in [3.63, 3.8) is 0 Å². The Morgan fingerprint density at radius 1 is 1.19 bits per heavy atom. The van der Waals surface area contributed by atoms with E-state index in [-0.39, 0.29) is 5.56 Å². The highest BCUT2D eigenvalue weighted by atomic mass is 19.1. The minimum Gasteiger partial charge on any atom is -0.365 e. The van der Waals surface area contributed by atoms with Crippen molar-refractivity contribution in [1.29, 1.82) is 0 Å². The van der Waals surface area contributed by atoms with E-state index in [1.807, 2.05) is 17.9 Å². The van der Waals surface area contributed by atoms with Crippen molar-refractivity contribution in [2.24, 2.45) is 0 Å². The summed E-state index contributed by atoms with van der Waals surface area (Å²) in [6, 6.07) is 7.22. The first-order valence-electron chi connectivity index (χ1n) is 10.3. The SMILES string of the molecule is CCc1cn2nc(CN3CCN(c4ccc(-n5cccn5)nc4F)CC3)cc2[nH]c1=O. The van der Waals surface area contributed by atoms with Gasteiger partial charge < -0.3 is 9.88 Å². The van der Waals surface area contributed by atoms with E-state index in [1.165, 1.54) is 4.68 Å². The van der Waals surface area contributed by atoms with Crippen LogP contribution in [0.25, 0.3) is 11.5 Å². The highest BCUT2D eigenvalue weighted by molar-refractivity contribution is 5.48. The van der Waals surface area contributed by atoms with Gasteiger partial charge in [-0.25, -0.2) is 9.20 Å². The normalized spacial score (nSPS) is 15.1. The molecule has 0 spiro atoms. The van der Waals surface area contributed by atoms with E-state index in [1.54, 1.807) is 41.3 Å². The third-order valence-electron chi connectivity index (χ3n) is 5.63. The molecule has 0 aliphatic carbocycles. The first-order valence-corrected chi connectivity index (χ1v) is 10.3. The van der Waals surface area contributed by atoms with Gasteiger partial charge in [0.2, 0.25) is 5.95 Å². The first kappa shape index (κ1) is 19.4. The molecule has 0 aromatic carbocycles. The molecule has 1 aliphatic heterocycles. The standard InChI is InChI=1S/C21H23FN8O/c1-2-15-13-30-19(25-21(15)31)12-16(26-30)14-27-8-10-28(11-9-27)17-4-5-18(24-20(17)22)29-7-3-6-23-29/h3-7,12-13H,2,8-11,14H2,1H3,(H,25,31). The number of H-pyrrole nitrogens is 1. The molecule has 5 heterocycles. The van der Waals surface area contributed by atoms with E-state index in [2.05, 4.69) is 25.1 Å². The Morgan fingerprint density at radius 3 is 2.74 bits per heavy atom. The van der Waals surface area contributed by atoms with Crippen molar-refractivity contribution in [3.8, 4) is 5.82 Å². The van der Waals surface area contributed by atoms with Crippen LogP contribution in [-0.2, 0) is 13.0 Å². The number of nitrogens with zero attached hydrogens (tertiary/aromatic N) is 7. The fourth-order valence-corrected chi connectivity index (χ4v) is 3.93. The van der Waals surface area contributed by atoms with Crippen LogP contribution in [0.4, 0.5) is 10.1 Å². The van der Waals surface area contributed by atoms with E-state index in [4.69, 9.17) is 0 Å². The first-order chi connectivity index (χ1) is 15.1. The summed E-state index contributed by atoms with van der Waals surface area (Å²) in [7, 11) is 0. The van der Waals surface area contributed by atoms with Gasteiger partial charge in [0.25, 0.3) is 5.56 Å².